The number of esters is 2. The Labute approximate surface area is 325 Å². The quantitative estimate of drug-likeness (QED) is 0.0137. The van der Waals surface area contributed by atoms with Crippen molar-refractivity contribution in [2.75, 3.05) is 26.4 Å². The van der Waals surface area contributed by atoms with Crippen LogP contribution in [0.3, 0.4) is 0 Å². The minimum absolute atomic E-state index is 0.103. The lowest BCUT2D eigenvalue weighted by Crippen LogP contribution is -2.29. The zero-order valence-electron chi connectivity index (χ0n) is 33.2. The van der Waals surface area contributed by atoms with Crippen molar-refractivity contribution in [1.29, 1.82) is 0 Å². The second-order valence-corrected chi connectivity index (χ2v) is 14.8. The van der Waals surface area contributed by atoms with Gasteiger partial charge in [0.05, 0.1) is 19.8 Å². The molecule has 0 saturated heterocycles. The van der Waals surface area contributed by atoms with Crippen molar-refractivity contribution in [2.45, 2.75) is 161 Å². The third-order valence-corrected chi connectivity index (χ3v) is 9.07. The van der Waals surface area contributed by atoms with Gasteiger partial charge in [0.2, 0.25) is 0 Å². The van der Waals surface area contributed by atoms with Crippen molar-refractivity contribution in [1.82, 2.24) is 0 Å². The van der Waals surface area contributed by atoms with Crippen LogP contribution in [0.1, 0.15) is 149 Å². The molecule has 0 spiro atoms. The lowest BCUT2D eigenvalue weighted by Gasteiger charge is -2.20. The SMILES string of the molecule is CCCCC/C=C\C=C\C(=O)CCCCCCCC(=O)OC[C@H](COP(=O)(O)OC[C@@H](O)CO)OC(=O)CCCC/C=C\C/C=C\C/C=C\CCCCC. The van der Waals surface area contributed by atoms with E-state index in [0.29, 0.717) is 19.3 Å². The smallest absolute Gasteiger partial charge is 0.462 e. The summed E-state index contributed by atoms with van der Waals surface area (Å²) in [7, 11) is -4.65. The highest BCUT2D eigenvalue weighted by molar-refractivity contribution is 7.47. The van der Waals surface area contributed by atoms with Gasteiger partial charge in [-0.15, -0.1) is 0 Å². The average Bonchev–Trinajstić information content (AvgIpc) is 3.15. The highest BCUT2D eigenvalue weighted by Gasteiger charge is 2.27. The Bertz CT molecular complexity index is 1150. The number of unbranched alkanes of at least 4 members (excludes halogenated alkanes) is 12. The van der Waals surface area contributed by atoms with Gasteiger partial charge in [-0.25, -0.2) is 4.57 Å². The third-order valence-electron chi connectivity index (χ3n) is 8.12. The lowest BCUT2D eigenvalue weighted by atomic mass is 10.1. The molecule has 1 unspecified atom stereocenters. The summed E-state index contributed by atoms with van der Waals surface area (Å²) < 4.78 is 32.5. The van der Waals surface area contributed by atoms with Gasteiger partial charge in [0.1, 0.15) is 12.7 Å². The van der Waals surface area contributed by atoms with E-state index in [4.69, 9.17) is 19.1 Å². The number of hydrogen-bond acceptors (Lipinski definition) is 10. The Morgan fingerprint density at radius 3 is 1.76 bits per heavy atom. The van der Waals surface area contributed by atoms with E-state index in [-0.39, 0.29) is 25.2 Å². The fourth-order valence-electron chi connectivity index (χ4n) is 4.92. The second kappa shape index (κ2) is 37.3. The number of carbonyl (C=O) groups excluding carboxylic acids is 3. The molecule has 3 atom stereocenters. The maximum absolute atomic E-state index is 12.6. The summed E-state index contributed by atoms with van der Waals surface area (Å²) in [6.45, 7) is 2.09. The molecule has 3 N–H and O–H groups in total. The van der Waals surface area contributed by atoms with E-state index in [1.165, 1.54) is 32.1 Å². The fraction of sp³-hybridized carbons (Fsp3) is 0.690. The maximum atomic E-state index is 12.6. The number of phosphoric acid groups is 1. The Morgan fingerprint density at radius 2 is 1.13 bits per heavy atom. The first-order valence-corrected chi connectivity index (χ1v) is 21.7. The number of aliphatic hydroxyl groups is 2. The first kappa shape index (κ1) is 51.3. The number of carbonyl (C=O) groups is 3. The van der Waals surface area contributed by atoms with Crippen LogP contribution in [0.25, 0.3) is 0 Å². The molecule has 0 aliphatic rings. The molecule has 0 aliphatic carbocycles. The van der Waals surface area contributed by atoms with Crippen LogP contribution in [0.5, 0.6) is 0 Å². The Balaban J connectivity index is 4.51. The molecule has 0 rings (SSSR count). The van der Waals surface area contributed by atoms with Gasteiger partial charge in [0.15, 0.2) is 11.9 Å². The molecular formula is C42H71O11P. The first-order chi connectivity index (χ1) is 26.1. The lowest BCUT2D eigenvalue weighted by molar-refractivity contribution is -0.161. The van der Waals surface area contributed by atoms with E-state index in [1.807, 2.05) is 6.08 Å². The summed E-state index contributed by atoms with van der Waals surface area (Å²) in [6.07, 6.45) is 35.8. The predicted octanol–water partition coefficient (Wildman–Crippen LogP) is 9.51. The minimum Gasteiger partial charge on any atom is -0.462 e. The highest BCUT2D eigenvalue weighted by atomic mass is 31.2. The molecule has 0 radical (unpaired) electrons. The first-order valence-electron chi connectivity index (χ1n) is 20.2. The topological polar surface area (TPSA) is 166 Å². The van der Waals surface area contributed by atoms with Gasteiger partial charge in [-0.05, 0) is 76.7 Å². The van der Waals surface area contributed by atoms with Gasteiger partial charge in [-0.1, -0.05) is 113 Å². The van der Waals surface area contributed by atoms with Crippen LogP contribution in [-0.4, -0.2) is 71.5 Å². The molecule has 0 bridgehead atoms. The van der Waals surface area contributed by atoms with E-state index in [1.54, 1.807) is 12.2 Å². The van der Waals surface area contributed by atoms with Crippen molar-refractivity contribution in [2.24, 2.45) is 0 Å². The van der Waals surface area contributed by atoms with E-state index in [0.717, 1.165) is 70.6 Å². The van der Waals surface area contributed by atoms with E-state index in [2.05, 4.69) is 60.9 Å². The van der Waals surface area contributed by atoms with Crippen LogP contribution in [0.2, 0.25) is 0 Å². The molecule has 0 amide bonds. The zero-order chi connectivity index (χ0) is 40.0. The molecule has 0 aromatic rings. The Hall–Kier alpha value is -2.66. The third kappa shape index (κ3) is 36.3. The largest absolute Gasteiger partial charge is 0.472 e. The number of phosphoric ester groups is 1. The van der Waals surface area contributed by atoms with Gasteiger partial charge < -0.3 is 24.6 Å². The normalized spacial score (nSPS) is 14.5. The molecule has 11 nitrogen and oxygen atoms in total. The van der Waals surface area contributed by atoms with E-state index >= 15 is 0 Å². The number of hydrogen-bond donors (Lipinski definition) is 3. The van der Waals surface area contributed by atoms with Gasteiger partial charge in [0, 0.05) is 19.3 Å². The summed E-state index contributed by atoms with van der Waals surface area (Å²) >= 11 is 0. The van der Waals surface area contributed by atoms with Crippen LogP contribution >= 0.6 is 7.82 Å². The number of allylic oxidation sites excluding steroid dienone is 10. The summed E-state index contributed by atoms with van der Waals surface area (Å²) in [6, 6.07) is 0. The fourth-order valence-corrected chi connectivity index (χ4v) is 5.71. The highest BCUT2D eigenvalue weighted by Crippen LogP contribution is 2.43. The second-order valence-electron chi connectivity index (χ2n) is 13.3. The number of aliphatic hydroxyl groups excluding tert-OH is 2. The van der Waals surface area contributed by atoms with Crippen LogP contribution < -0.4 is 0 Å². The van der Waals surface area contributed by atoms with Gasteiger partial charge in [-0.3, -0.25) is 23.4 Å². The molecule has 0 fully saturated rings. The van der Waals surface area contributed by atoms with Gasteiger partial charge >= 0.3 is 19.8 Å². The monoisotopic (exact) mass is 782 g/mol. The van der Waals surface area contributed by atoms with Crippen molar-refractivity contribution in [3.8, 4) is 0 Å². The van der Waals surface area contributed by atoms with Crippen molar-refractivity contribution < 1.29 is 52.6 Å². The summed E-state index contributed by atoms with van der Waals surface area (Å²) in [5.41, 5.74) is 0. The molecule has 0 aromatic heterocycles. The summed E-state index contributed by atoms with van der Waals surface area (Å²) in [5, 5.41) is 18.3. The molecule has 0 aromatic carbocycles. The molecule has 0 heterocycles. The maximum Gasteiger partial charge on any atom is 0.472 e. The number of ether oxygens (including phenoxy) is 2. The number of ketones is 1. The van der Waals surface area contributed by atoms with E-state index in [9.17, 15) is 28.9 Å². The van der Waals surface area contributed by atoms with Gasteiger partial charge in [-0.2, -0.15) is 0 Å². The molecule has 12 heteroatoms. The zero-order valence-corrected chi connectivity index (χ0v) is 34.1. The van der Waals surface area contributed by atoms with Crippen molar-refractivity contribution in [3.05, 3.63) is 60.8 Å². The number of rotatable bonds is 37. The van der Waals surface area contributed by atoms with Crippen LogP contribution in [0.15, 0.2) is 60.8 Å². The molecule has 310 valence electrons. The predicted molar refractivity (Wildman–Crippen MR) is 215 cm³/mol. The Morgan fingerprint density at radius 1 is 0.611 bits per heavy atom. The van der Waals surface area contributed by atoms with Gasteiger partial charge in [0.25, 0.3) is 0 Å². The van der Waals surface area contributed by atoms with Crippen molar-refractivity contribution >= 4 is 25.5 Å². The van der Waals surface area contributed by atoms with Crippen LogP contribution in [0.4, 0.5) is 0 Å². The molecule has 0 saturated carbocycles. The summed E-state index contributed by atoms with van der Waals surface area (Å²) in [4.78, 5) is 46.9. The Kier molecular flexibility index (Phi) is 35.4. The summed E-state index contributed by atoms with van der Waals surface area (Å²) in [5.74, 6) is -0.966. The van der Waals surface area contributed by atoms with E-state index < -0.39 is 51.8 Å². The standard InChI is InChI=1S/C42H71O11P/c1-3-5-7-9-11-12-13-14-15-16-17-18-20-24-29-33-42(47)53-40(37-52-54(48,49)51-35-39(45)34-43)36-50-41(46)32-28-25-21-23-27-31-38(44)30-26-22-19-10-8-6-4-2/h11-12,14-15,17-19,22,26,30,39-40,43,45H,3-10,13,16,20-21,23-25,27-29,31-37H2,1-2H3,(H,48,49)/b12-11-,15-14-,18-17-,22-19-,30-26+/t39-,40+/m0/s1. The molecule has 0 aliphatic heterocycles. The van der Waals surface area contributed by atoms with Crippen molar-refractivity contribution in [3.63, 3.8) is 0 Å². The van der Waals surface area contributed by atoms with Crippen LogP contribution in [0, 0.1) is 0 Å². The average molecular weight is 783 g/mol. The molecule has 54 heavy (non-hydrogen) atoms. The minimum atomic E-state index is -4.65. The van der Waals surface area contributed by atoms with Crippen LogP contribution in [-0.2, 0) is 37.5 Å². The molecular weight excluding hydrogens is 711 g/mol.